The van der Waals surface area contributed by atoms with Gasteiger partial charge >= 0.3 is 0 Å². The number of aliphatic hydroxyl groups is 1. The zero-order valence-corrected chi connectivity index (χ0v) is 6.34. The number of aliphatic hydroxyl groups excluding tert-OH is 1. The van der Waals surface area contributed by atoms with Crippen molar-refractivity contribution in [2.24, 2.45) is 5.92 Å². The van der Waals surface area contributed by atoms with E-state index in [1.807, 2.05) is 0 Å². The molecule has 1 aliphatic rings. The van der Waals surface area contributed by atoms with Crippen LogP contribution in [0.4, 0.5) is 0 Å². The number of nitrogens with zero attached hydrogens (tertiary/aromatic N) is 1. The predicted molar refractivity (Wildman–Crippen MR) is 39.8 cm³/mol. The number of rotatable bonds is 2. The molecule has 1 aromatic rings. The Kier molecular flexibility index (Phi) is 1.47. The second kappa shape index (κ2) is 2.32. The zero-order valence-electron chi connectivity index (χ0n) is 5.53. The van der Waals surface area contributed by atoms with Crippen LogP contribution in [0.25, 0.3) is 0 Å². The molecule has 2 rings (SSSR count). The fourth-order valence-corrected chi connectivity index (χ4v) is 1.71. The van der Waals surface area contributed by atoms with Gasteiger partial charge in [-0.3, -0.25) is 4.98 Å². The molecule has 54 valence electrons. The van der Waals surface area contributed by atoms with Gasteiger partial charge in [0, 0.05) is 6.20 Å². The molecular weight excluding hydrogens is 146 g/mol. The summed E-state index contributed by atoms with van der Waals surface area (Å²) >= 11 is 1.54. The third-order valence-corrected chi connectivity index (χ3v) is 2.66. The van der Waals surface area contributed by atoms with Crippen LogP contribution in [0.1, 0.15) is 23.8 Å². The quantitative estimate of drug-likeness (QED) is 0.703. The van der Waals surface area contributed by atoms with Crippen molar-refractivity contribution in [2.45, 2.75) is 18.9 Å². The molecule has 3 heteroatoms. The summed E-state index contributed by atoms with van der Waals surface area (Å²) in [5.41, 5.74) is 1.76. The van der Waals surface area contributed by atoms with Crippen LogP contribution in [0.2, 0.25) is 0 Å². The summed E-state index contributed by atoms with van der Waals surface area (Å²) in [6, 6.07) is 0. The highest BCUT2D eigenvalue weighted by atomic mass is 32.1. The molecule has 0 aliphatic heterocycles. The van der Waals surface area contributed by atoms with Crippen LogP contribution < -0.4 is 0 Å². The molecule has 0 bridgehead atoms. The molecule has 0 aromatic carbocycles. The topological polar surface area (TPSA) is 33.1 Å². The molecule has 0 radical (unpaired) electrons. The van der Waals surface area contributed by atoms with Crippen LogP contribution >= 0.6 is 11.3 Å². The number of hydrogen-bond donors (Lipinski definition) is 1. The fraction of sp³-hybridized carbons (Fsp3) is 0.571. The van der Waals surface area contributed by atoms with Gasteiger partial charge in [0.2, 0.25) is 0 Å². The van der Waals surface area contributed by atoms with Gasteiger partial charge in [-0.15, -0.1) is 11.3 Å². The average molecular weight is 155 g/mol. The van der Waals surface area contributed by atoms with E-state index in [4.69, 9.17) is 0 Å². The van der Waals surface area contributed by atoms with E-state index in [1.54, 1.807) is 11.7 Å². The second-order valence-corrected chi connectivity index (χ2v) is 3.60. The van der Waals surface area contributed by atoms with Crippen molar-refractivity contribution in [1.29, 1.82) is 0 Å². The maximum Gasteiger partial charge on any atom is 0.0926 e. The largest absolute Gasteiger partial charge is 0.387 e. The maximum absolute atomic E-state index is 9.52. The van der Waals surface area contributed by atoms with Crippen molar-refractivity contribution in [1.82, 2.24) is 4.98 Å². The van der Waals surface area contributed by atoms with Crippen molar-refractivity contribution in [3.05, 3.63) is 16.6 Å². The lowest BCUT2D eigenvalue weighted by Gasteiger charge is -2.02. The standard InChI is InChI=1S/C7H9NOS/c9-7(5-1-2-5)6-3-8-4-10-6/h3-5,7,9H,1-2H2. The summed E-state index contributed by atoms with van der Waals surface area (Å²) in [6.45, 7) is 0. The van der Waals surface area contributed by atoms with Gasteiger partial charge in [0.1, 0.15) is 0 Å². The van der Waals surface area contributed by atoms with Gasteiger partial charge in [-0.1, -0.05) is 0 Å². The van der Waals surface area contributed by atoms with E-state index in [0.29, 0.717) is 5.92 Å². The van der Waals surface area contributed by atoms with E-state index < -0.39 is 0 Å². The first-order valence-corrected chi connectivity index (χ1v) is 4.32. The van der Waals surface area contributed by atoms with E-state index in [9.17, 15) is 5.11 Å². The van der Waals surface area contributed by atoms with E-state index >= 15 is 0 Å². The van der Waals surface area contributed by atoms with Crippen LogP contribution in [0.3, 0.4) is 0 Å². The number of thiazole rings is 1. The van der Waals surface area contributed by atoms with Crippen LogP contribution in [-0.2, 0) is 0 Å². The van der Waals surface area contributed by atoms with Gasteiger partial charge in [0.05, 0.1) is 16.5 Å². The molecule has 0 spiro atoms. The van der Waals surface area contributed by atoms with Crippen molar-refractivity contribution in [2.75, 3.05) is 0 Å². The summed E-state index contributed by atoms with van der Waals surface area (Å²) in [5, 5.41) is 9.52. The van der Waals surface area contributed by atoms with Crippen molar-refractivity contribution < 1.29 is 5.11 Å². The third kappa shape index (κ3) is 1.07. The van der Waals surface area contributed by atoms with Gasteiger partial charge in [0.15, 0.2) is 0 Å². The lowest BCUT2D eigenvalue weighted by molar-refractivity contribution is 0.157. The van der Waals surface area contributed by atoms with E-state index in [-0.39, 0.29) is 6.10 Å². The van der Waals surface area contributed by atoms with E-state index in [1.165, 1.54) is 24.2 Å². The fourth-order valence-electron chi connectivity index (χ4n) is 1.02. The minimum atomic E-state index is -0.229. The molecule has 0 amide bonds. The molecule has 0 saturated heterocycles. The van der Waals surface area contributed by atoms with Gasteiger partial charge in [0.25, 0.3) is 0 Å². The maximum atomic E-state index is 9.52. The predicted octanol–water partition coefficient (Wildman–Crippen LogP) is 1.59. The molecule has 1 N–H and O–H groups in total. The molecule has 1 saturated carbocycles. The summed E-state index contributed by atoms with van der Waals surface area (Å²) in [7, 11) is 0. The Morgan fingerprint density at radius 1 is 1.70 bits per heavy atom. The van der Waals surface area contributed by atoms with Crippen LogP contribution in [-0.4, -0.2) is 10.1 Å². The average Bonchev–Trinajstić information content (AvgIpc) is 2.65. The van der Waals surface area contributed by atoms with Gasteiger partial charge < -0.3 is 5.11 Å². The second-order valence-electron chi connectivity index (χ2n) is 2.69. The van der Waals surface area contributed by atoms with E-state index in [2.05, 4.69) is 4.98 Å². The first-order chi connectivity index (χ1) is 4.88. The molecule has 1 aliphatic carbocycles. The van der Waals surface area contributed by atoms with E-state index in [0.717, 1.165) is 4.88 Å². The summed E-state index contributed by atoms with van der Waals surface area (Å²) in [5.74, 6) is 0.528. The minimum Gasteiger partial charge on any atom is -0.387 e. The Morgan fingerprint density at radius 2 is 2.50 bits per heavy atom. The molecule has 1 unspecified atom stereocenters. The Labute approximate surface area is 63.5 Å². The Bertz CT molecular complexity index is 205. The highest BCUT2D eigenvalue weighted by Gasteiger charge is 2.31. The van der Waals surface area contributed by atoms with Gasteiger partial charge in [-0.05, 0) is 18.8 Å². The van der Waals surface area contributed by atoms with Crippen molar-refractivity contribution in [3.8, 4) is 0 Å². The summed E-state index contributed by atoms with van der Waals surface area (Å²) < 4.78 is 0. The van der Waals surface area contributed by atoms with Gasteiger partial charge in [-0.25, -0.2) is 0 Å². The molecule has 1 heterocycles. The molecule has 10 heavy (non-hydrogen) atoms. The van der Waals surface area contributed by atoms with Crippen LogP contribution in [0.15, 0.2) is 11.7 Å². The first kappa shape index (κ1) is 6.31. The Hall–Kier alpha value is -0.410. The monoisotopic (exact) mass is 155 g/mol. The summed E-state index contributed by atoms with van der Waals surface area (Å²) in [4.78, 5) is 4.93. The van der Waals surface area contributed by atoms with Gasteiger partial charge in [-0.2, -0.15) is 0 Å². The highest BCUT2D eigenvalue weighted by Crippen LogP contribution is 2.41. The normalized spacial score (nSPS) is 20.9. The Morgan fingerprint density at radius 3 is 3.00 bits per heavy atom. The molecule has 1 fully saturated rings. The molecular formula is C7H9NOS. The zero-order chi connectivity index (χ0) is 6.97. The summed E-state index contributed by atoms with van der Waals surface area (Å²) in [6.07, 6.45) is 3.89. The lowest BCUT2D eigenvalue weighted by Crippen LogP contribution is -1.95. The molecule has 2 nitrogen and oxygen atoms in total. The smallest absolute Gasteiger partial charge is 0.0926 e. The van der Waals surface area contributed by atoms with Crippen LogP contribution in [0.5, 0.6) is 0 Å². The Balaban J connectivity index is 2.11. The third-order valence-electron chi connectivity index (χ3n) is 1.81. The minimum absolute atomic E-state index is 0.229. The highest BCUT2D eigenvalue weighted by molar-refractivity contribution is 7.09. The first-order valence-electron chi connectivity index (χ1n) is 3.44. The number of hydrogen-bond acceptors (Lipinski definition) is 3. The number of aromatic nitrogens is 1. The van der Waals surface area contributed by atoms with Crippen LogP contribution in [0, 0.1) is 5.92 Å². The molecule has 1 atom stereocenters. The SMILES string of the molecule is OC(c1cncs1)C1CC1. The lowest BCUT2D eigenvalue weighted by atomic mass is 10.2. The van der Waals surface area contributed by atoms with Crippen molar-refractivity contribution in [3.63, 3.8) is 0 Å². The molecule has 1 aromatic heterocycles. The van der Waals surface area contributed by atoms with Crippen molar-refractivity contribution >= 4 is 11.3 Å².